The van der Waals surface area contributed by atoms with E-state index in [2.05, 4.69) is 15.2 Å². The van der Waals surface area contributed by atoms with E-state index in [4.69, 9.17) is 4.74 Å². The Kier molecular flexibility index (Phi) is 6.18. The monoisotopic (exact) mass is 379 g/mol. The lowest BCUT2D eigenvalue weighted by Crippen LogP contribution is -2.34. The fraction of sp³-hybridized carbons (Fsp3) is 0.444. The number of amides is 1. The van der Waals surface area contributed by atoms with Crippen LogP contribution in [0.2, 0.25) is 0 Å². The van der Waals surface area contributed by atoms with Gasteiger partial charge < -0.3 is 15.2 Å². The number of halogens is 1. The van der Waals surface area contributed by atoms with Gasteiger partial charge in [-0.3, -0.25) is 9.69 Å². The lowest BCUT2D eigenvalue weighted by molar-refractivity contribution is 0.0952. The highest BCUT2D eigenvalue weighted by atomic mass is 32.1. The molecule has 0 bridgehead atoms. The molecule has 0 radical (unpaired) electrons. The number of β-amino-alcohol motifs (C(OH)–C–C–N with tert-alkyl or cyclic N) is 1. The summed E-state index contributed by atoms with van der Waals surface area (Å²) in [6.07, 6.45) is 0.539. The standard InChI is InChI=1S/C18H22FN3O3S/c1-12-17(18(24)20-7-9-22-8-6-14(23)10-22)26-16(21-12)11-25-15-4-2-13(19)3-5-15/h2-5,14,23H,6-11H2,1H3,(H,20,24)/t14-/m0/s1. The number of aryl methyl sites for hydroxylation is 1. The molecule has 0 unspecified atom stereocenters. The average molecular weight is 379 g/mol. The highest BCUT2D eigenvalue weighted by Crippen LogP contribution is 2.20. The molecule has 26 heavy (non-hydrogen) atoms. The van der Waals surface area contributed by atoms with Gasteiger partial charge in [0, 0.05) is 26.2 Å². The summed E-state index contributed by atoms with van der Waals surface area (Å²) in [5.41, 5.74) is 0.668. The number of rotatable bonds is 7. The molecule has 1 amide bonds. The summed E-state index contributed by atoms with van der Waals surface area (Å²) in [5.74, 6) is 0.0932. The number of aliphatic hydroxyl groups excluding tert-OH is 1. The van der Waals surface area contributed by atoms with E-state index in [0.717, 1.165) is 19.5 Å². The third kappa shape index (κ3) is 5.00. The maximum atomic E-state index is 12.9. The number of benzene rings is 1. The van der Waals surface area contributed by atoms with Crippen LogP contribution in [0.4, 0.5) is 4.39 Å². The van der Waals surface area contributed by atoms with Crippen LogP contribution in [0.5, 0.6) is 5.75 Å². The molecule has 1 saturated heterocycles. The SMILES string of the molecule is Cc1nc(COc2ccc(F)cc2)sc1C(=O)NCCN1CC[C@H](O)C1. The van der Waals surface area contributed by atoms with Gasteiger partial charge in [0.1, 0.15) is 28.1 Å². The highest BCUT2D eigenvalue weighted by molar-refractivity contribution is 7.13. The number of likely N-dealkylation sites (tertiary alicyclic amines) is 1. The maximum absolute atomic E-state index is 12.9. The summed E-state index contributed by atoms with van der Waals surface area (Å²) in [4.78, 5) is 19.4. The van der Waals surface area contributed by atoms with Crippen molar-refractivity contribution in [1.82, 2.24) is 15.2 Å². The Bertz CT molecular complexity index is 751. The lowest BCUT2D eigenvalue weighted by Gasteiger charge is -2.14. The molecular weight excluding hydrogens is 357 g/mol. The number of ether oxygens (including phenoxy) is 1. The van der Waals surface area contributed by atoms with Gasteiger partial charge in [0.25, 0.3) is 5.91 Å². The Morgan fingerprint density at radius 3 is 2.92 bits per heavy atom. The molecule has 0 spiro atoms. The van der Waals surface area contributed by atoms with Crippen molar-refractivity contribution in [1.29, 1.82) is 0 Å². The molecule has 1 aliphatic heterocycles. The number of nitrogens with one attached hydrogen (secondary N) is 1. The van der Waals surface area contributed by atoms with Gasteiger partial charge in [-0.25, -0.2) is 9.37 Å². The Morgan fingerprint density at radius 1 is 1.46 bits per heavy atom. The van der Waals surface area contributed by atoms with Crippen molar-refractivity contribution in [3.8, 4) is 5.75 Å². The van der Waals surface area contributed by atoms with Crippen LogP contribution in [0.25, 0.3) is 0 Å². The number of aliphatic hydroxyl groups is 1. The van der Waals surface area contributed by atoms with Gasteiger partial charge in [0.15, 0.2) is 0 Å². The summed E-state index contributed by atoms with van der Waals surface area (Å²) >= 11 is 1.30. The minimum atomic E-state index is -0.315. The zero-order chi connectivity index (χ0) is 18.5. The van der Waals surface area contributed by atoms with E-state index in [9.17, 15) is 14.3 Å². The van der Waals surface area contributed by atoms with Gasteiger partial charge in [-0.15, -0.1) is 11.3 Å². The van der Waals surface area contributed by atoms with Gasteiger partial charge in [0.05, 0.1) is 11.8 Å². The molecule has 1 atom stereocenters. The average Bonchev–Trinajstić information content (AvgIpc) is 3.20. The Balaban J connectivity index is 1.48. The van der Waals surface area contributed by atoms with E-state index in [0.29, 0.717) is 34.4 Å². The number of carbonyl (C=O) groups is 1. The largest absolute Gasteiger partial charge is 0.486 e. The molecule has 1 aromatic carbocycles. The van der Waals surface area contributed by atoms with E-state index >= 15 is 0 Å². The first-order valence-electron chi connectivity index (χ1n) is 8.54. The van der Waals surface area contributed by atoms with Crippen LogP contribution in [-0.2, 0) is 6.61 Å². The van der Waals surface area contributed by atoms with Crippen molar-refractivity contribution >= 4 is 17.2 Å². The zero-order valence-electron chi connectivity index (χ0n) is 14.6. The molecule has 1 aromatic heterocycles. The molecule has 6 nitrogen and oxygen atoms in total. The minimum absolute atomic E-state index is 0.146. The summed E-state index contributed by atoms with van der Waals surface area (Å²) in [5, 5.41) is 13.1. The predicted octanol–water partition coefficient (Wildman–Crippen LogP) is 1.97. The minimum Gasteiger partial charge on any atom is -0.486 e. The van der Waals surface area contributed by atoms with Crippen LogP contribution in [0.3, 0.4) is 0 Å². The van der Waals surface area contributed by atoms with Crippen molar-refractivity contribution in [3.05, 3.63) is 45.7 Å². The van der Waals surface area contributed by atoms with Gasteiger partial charge in [-0.1, -0.05) is 0 Å². The predicted molar refractivity (Wildman–Crippen MR) is 97.0 cm³/mol. The zero-order valence-corrected chi connectivity index (χ0v) is 15.4. The topological polar surface area (TPSA) is 74.7 Å². The summed E-state index contributed by atoms with van der Waals surface area (Å²) < 4.78 is 18.5. The Hall–Kier alpha value is -2.03. The van der Waals surface area contributed by atoms with Crippen molar-refractivity contribution in [2.24, 2.45) is 0 Å². The first kappa shape index (κ1) is 18.8. The normalized spacial score (nSPS) is 17.4. The first-order chi connectivity index (χ1) is 12.5. The second-order valence-corrected chi connectivity index (χ2v) is 7.35. The quantitative estimate of drug-likeness (QED) is 0.769. The van der Waals surface area contributed by atoms with Crippen LogP contribution in [0.15, 0.2) is 24.3 Å². The number of aromatic nitrogens is 1. The molecule has 3 rings (SSSR count). The molecule has 140 valence electrons. The number of hydrogen-bond acceptors (Lipinski definition) is 6. The van der Waals surface area contributed by atoms with Crippen LogP contribution in [-0.4, -0.2) is 53.2 Å². The van der Waals surface area contributed by atoms with Gasteiger partial charge in [-0.05, 0) is 37.6 Å². The van der Waals surface area contributed by atoms with Gasteiger partial charge in [-0.2, -0.15) is 0 Å². The smallest absolute Gasteiger partial charge is 0.263 e. The summed E-state index contributed by atoms with van der Waals surface area (Å²) in [6.45, 7) is 4.81. The number of hydrogen-bond donors (Lipinski definition) is 2. The van der Waals surface area contributed by atoms with E-state index < -0.39 is 0 Å². The molecule has 1 aliphatic rings. The van der Waals surface area contributed by atoms with Gasteiger partial charge in [0.2, 0.25) is 0 Å². The molecular formula is C18H22FN3O3S. The molecule has 0 aliphatic carbocycles. The lowest BCUT2D eigenvalue weighted by atomic mass is 10.3. The van der Waals surface area contributed by atoms with Crippen molar-refractivity contribution < 1.29 is 19.0 Å². The van der Waals surface area contributed by atoms with Crippen LogP contribution in [0.1, 0.15) is 26.8 Å². The molecule has 2 heterocycles. The fourth-order valence-corrected chi connectivity index (χ4v) is 3.72. The molecule has 0 saturated carbocycles. The van der Waals surface area contributed by atoms with Crippen LogP contribution >= 0.6 is 11.3 Å². The Labute approximate surface area is 155 Å². The molecule has 1 fully saturated rings. The molecule has 2 N–H and O–H groups in total. The molecule has 8 heteroatoms. The summed E-state index contributed by atoms with van der Waals surface area (Å²) in [7, 11) is 0. The van der Waals surface area contributed by atoms with E-state index in [1.807, 2.05) is 0 Å². The third-order valence-electron chi connectivity index (χ3n) is 4.18. The number of thiazole rings is 1. The van der Waals surface area contributed by atoms with Gasteiger partial charge >= 0.3 is 0 Å². The Morgan fingerprint density at radius 2 is 2.23 bits per heavy atom. The van der Waals surface area contributed by atoms with Crippen molar-refractivity contribution in [2.75, 3.05) is 26.2 Å². The highest BCUT2D eigenvalue weighted by Gasteiger charge is 2.20. The van der Waals surface area contributed by atoms with Crippen molar-refractivity contribution in [2.45, 2.75) is 26.1 Å². The van der Waals surface area contributed by atoms with E-state index in [1.165, 1.54) is 23.5 Å². The molecule has 2 aromatic rings. The second kappa shape index (κ2) is 8.57. The maximum Gasteiger partial charge on any atom is 0.263 e. The first-order valence-corrected chi connectivity index (χ1v) is 9.36. The fourth-order valence-electron chi connectivity index (χ4n) is 2.82. The van der Waals surface area contributed by atoms with Crippen LogP contribution in [0, 0.1) is 12.7 Å². The van der Waals surface area contributed by atoms with Crippen LogP contribution < -0.4 is 10.1 Å². The number of carbonyl (C=O) groups excluding carboxylic acids is 1. The summed E-state index contributed by atoms with van der Waals surface area (Å²) in [6, 6.07) is 5.78. The van der Waals surface area contributed by atoms with E-state index in [-0.39, 0.29) is 24.4 Å². The van der Waals surface area contributed by atoms with Crippen molar-refractivity contribution in [3.63, 3.8) is 0 Å². The number of nitrogens with zero attached hydrogens (tertiary/aromatic N) is 2. The van der Waals surface area contributed by atoms with E-state index in [1.54, 1.807) is 19.1 Å². The second-order valence-electron chi connectivity index (χ2n) is 6.26. The third-order valence-corrected chi connectivity index (χ3v) is 5.31.